The van der Waals surface area contributed by atoms with Crippen LogP contribution < -0.4 is 5.32 Å². The van der Waals surface area contributed by atoms with Crippen LogP contribution in [-0.2, 0) is 18.4 Å². The molecule has 0 atom stereocenters. The number of aromatic nitrogens is 2. The van der Waals surface area contributed by atoms with Gasteiger partial charge in [-0.3, -0.25) is 9.48 Å². The van der Waals surface area contributed by atoms with Crippen molar-refractivity contribution in [1.29, 1.82) is 0 Å². The van der Waals surface area contributed by atoms with Crippen molar-refractivity contribution in [2.24, 2.45) is 7.05 Å². The predicted octanol–water partition coefficient (Wildman–Crippen LogP) is 2.22. The van der Waals surface area contributed by atoms with Gasteiger partial charge in [-0.05, 0) is 37.1 Å². The summed E-state index contributed by atoms with van der Waals surface area (Å²) >= 11 is 0. The molecular formula is C15H17N3O2. The van der Waals surface area contributed by atoms with Crippen LogP contribution in [0, 0.1) is 0 Å². The van der Waals surface area contributed by atoms with Crippen LogP contribution in [0.15, 0.2) is 35.0 Å². The third-order valence-electron chi connectivity index (χ3n) is 3.35. The zero-order chi connectivity index (χ0) is 13.9. The number of carbonyl (C=O) groups excluding carboxylic acids is 1. The minimum atomic E-state index is -0.153. The normalized spacial score (nSPS) is 14.8. The highest BCUT2D eigenvalue weighted by atomic mass is 16.3. The maximum atomic E-state index is 11.7. The molecule has 1 amide bonds. The second kappa shape index (κ2) is 5.36. The zero-order valence-corrected chi connectivity index (χ0v) is 11.4. The molecule has 2 aromatic heterocycles. The topological polar surface area (TPSA) is 60.1 Å². The first kappa shape index (κ1) is 12.7. The van der Waals surface area contributed by atoms with Crippen molar-refractivity contribution in [3.8, 4) is 0 Å². The molecule has 104 valence electrons. The Labute approximate surface area is 117 Å². The van der Waals surface area contributed by atoms with Crippen LogP contribution in [0.25, 0.3) is 6.08 Å². The molecule has 1 fully saturated rings. The maximum Gasteiger partial charge on any atom is 0.244 e. The van der Waals surface area contributed by atoms with Gasteiger partial charge in [0, 0.05) is 24.7 Å². The summed E-state index contributed by atoms with van der Waals surface area (Å²) < 4.78 is 7.03. The Balaban J connectivity index is 1.53. The third kappa shape index (κ3) is 2.99. The van der Waals surface area contributed by atoms with Crippen LogP contribution in [0.4, 0.5) is 0 Å². The first-order valence-corrected chi connectivity index (χ1v) is 6.74. The lowest BCUT2D eigenvalue weighted by atomic mass is 10.2. The monoisotopic (exact) mass is 271 g/mol. The molecule has 0 saturated heterocycles. The number of nitrogens with one attached hydrogen (secondary N) is 1. The first-order chi connectivity index (χ1) is 9.72. The van der Waals surface area contributed by atoms with E-state index < -0.39 is 0 Å². The van der Waals surface area contributed by atoms with Gasteiger partial charge >= 0.3 is 0 Å². The number of furan rings is 1. The largest absolute Gasteiger partial charge is 0.465 e. The molecule has 2 heterocycles. The van der Waals surface area contributed by atoms with Crippen LogP contribution in [0.2, 0.25) is 0 Å². The molecule has 3 rings (SSSR count). The lowest BCUT2D eigenvalue weighted by Gasteiger charge is -1.97. The van der Waals surface area contributed by atoms with Crippen LogP contribution in [0.5, 0.6) is 0 Å². The van der Waals surface area contributed by atoms with E-state index in [9.17, 15) is 4.79 Å². The van der Waals surface area contributed by atoms with E-state index in [1.807, 2.05) is 11.7 Å². The summed E-state index contributed by atoms with van der Waals surface area (Å²) in [4.78, 5) is 11.7. The average Bonchev–Trinajstić information content (AvgIpc) is 3.00. The molecule has 1 N–H and O–H groups in total. The average molecular weight is 271 g/mol. The second-order valence-electron chi connectivity index (χ2n) is 5.02. The number of hydrogen-bond donors (Lipinski definition) is 1. The number of aryl methyl sites for hydroxylation is 1. The van der Waals surface area contributed by atoms with Gasteiger partial charge in [-0.1, -0.05) is 0 Å². The fourth-order valence-corrected chi connectivity index (χ4v) is 2.17. The van der Waals surface area contributed by atoms with Gasteiger partial charge < -0.3 is 9.73 Å². The Bertz CT molecular complexity index is 622. The van der Waals surface area contributed by atoms with Crippen molar-refractivity contribution >= 4 is 12.0 Å². The number of amides is 1. The number of hydrogen-bond acceptors (Lipinski definition) is 3. The van der Waals surface area contributed by atoms with Crippen molar-refractivity contribution in [2.75, 3.05) is 0 Å². The van der Waals surface area contributed by atoms with Crippen molar-refractivity contribution in [1.82, 2.24) is 15.1 Å². The molecule has 2 aromatic rings. The fourth-order valence-electron chi connectivity index (χ4n) is 2.17. The van der Waals surface area contributed by atoms with Gasteiger partial charge in [0.2, 0.25) is 5.91 Å². The van der Waals surface area contributed by atoms with Crippen molar-refractivity contribution < 1.29 is 9.21 Å². The van der Waals surface area contributed by atoms with E-state index in [4.69, 9.17) is 4.42 Å². The van der Waals surface area contributed by atoms with Gasteiger partial charge in [0.1, 0.15) is 5.76 Å². The summed E-state index contributed by atoms with van der Waals surface area (Å²) in [5.41, 5.74) is 2.16. The van der Waals surface area contributed by atoms with Gasteiger partial charge in [0.25, 0.3) is 0 Å². The maximum absolute atomic E-state index is 11.7. The van der Waals surface area contributed by atoms with E-state index >= 15 is 0 Å². The minimum Gasteiger partial charge on any atom is -0.465 e. The Morgan fingerprint density at radius 3 is 3.15 bits per heavy atom. The molecular weight excluding hydrogens is 254 g/mol. The van der Waals surface area contributed by atoms with Crippen LogP contribution in [-0.4, -0.2) is 15.7 Å². The lowest BCUT2D eigenvalue weighted by Crippen LogP contribution is -2.20. The Morgan fingerprint density at radius 2 is 2.45 bits per heavy atom. The first-order valence-electron chi connectivity index (χ1n) is 6.74. The molecule has 20 heavy (non-hydrogen) atoms. The second-order valence-corrected chi connectivity index (χ2v) is 5.02. The highest BCUT2D eigenvalue weighted by molar-refractivity contribution is 5.91. The Morgan fingerprint density at radius 1 is 1.60 bits per heavy atom. The van der Waals surface area contributed by atoms with Gasteiger partial charge in [-0.15, -0.1) is 0 Å². The summed E-state index contributed by atoms with van der Waals surface area (Å²) in [6.45, 7) is 0.446. The SMILES string of the molecule is Cn1nc(CNC(=O)C=Cc2ccco2)cc1C1CC1. The molecule has 1 aliphatic rings. The predicted molar refractivity (Wildman–Crippen MR) is 74.8 cm³/mol. The third-order valence-corrected chi connectivity index (χ3v) is 3.35. The molecule has 1 aliphatic carbocycles. The molecule has 0 spiro atoms. The summed E-state index contributed by atoms with van der Waals surface area (Å²) in [5.74, 6) is 1.17. The minimum absolute atomic E-state index is 0.153. The van der Waals surface area contributed by atoms with E-state index in [1.165, 1.54) is 24.6 Å². The van der Waals surface area contributed by atoms with Crippen LogP contribution in [0.1, 0.15) is 35.9 Å². The van der Waals surface area contributed by atoms with Crippen LogP contribution >= 0.6 is 0 Å². The summed E-state index contributed by atoms with van der Waals surface area (Å²) in [7, 11) is 1.95. The summed E-state index contributed by atoms with van der Waals surface area (Å²) in [5, 5.41) is 7.23. The van der Waals surface area contributed by atoms with E-state index in [-0.39, 0.29) is 5.91 Å². The van der Waals surface area contributed by atoms with Crippen molar-refractivity contribution in [3.63, 3.8) is 0 Å². The molecule has 5 heteroatoms. The molecule has 1 saturated carbocycles. The van der Waals surface area contributed by atoms with E-state index in [0.29, 0.717) is 18.2 Å². The summed E-state index contributed by atoms with van der Waals surface area (Å²) in [6.07, 6.45) is 7.17. The van der Waals surface area contributed by atoms with E-state index in [0.717, 1.165) is 5.69 Å². The van der Waals surface area contributed by atoms with Gasteiger partial charge in [0.15, 0.2) is 0 Å². The number of rotatable bonds is 5. The lowest BCUT2D eigenvalue weighted by molar-refractivity contribution is -0.116. The Kier molecular flexibility index (Phi) is 3.41. The highest BCUT2D eigenvalue weighted by Crippen LogP contribution is 2.39. The Hall–Kier alpha value is -2.30. The van der Waals surface area contributed by atoms with E-state index in [2.05, 4.69) is 16.5 Å². The zero-order valence-electron chi connectivity index (χ0n) is 11.4. The standard InChI is InChI=1S/C15H17N3O2/c1-18-14(11-4-5-11)9-12(17-18)10-16-15(19)7-6-13-3-2-8-20-13/h2-3,6-9,11H,4-5,10H2,1H3,(H,16,19). The molecule has 0 aliphatic heterocycles. The smallest absolute Gasteiger partial charge is 0.244 e. The molecule has 5 nitrogen and oxygen atoms in total. The van der Waals surface area contributed by atoms with Gasteiger partial charge in [-0.25, -0.2) is 0 Å². The van der Waals surface area contributed by atoms with E-state index in [1.54, 1.807) is 24.5 Å². The molecule has 0 bridgehead atoms. The molecule has 0 aromatic carbocycles. The molecule has 0 unspecified atom stereocenters. The quantitative estimate of drug-likeness (QED) is 0.848. The van der Waals surface area contributed by atoms with Crippen molar-refractivity contribution in [3.05, 3.63) is 47.7 Å². The summed E-state index contributed by atoms with van der Waals surface area (Å²) in [6, 6.07) is 5.66. The number of nitrogens with zero attached hydrogens (tertiary/aromatic N) is 2. The fraction of sp³-hybridized carbons (Fsp3) is 0.333. The van der Waals surface area contributed by atoms with Crippen molar-refractivity contribution in [2.45, 2.75) is 25.3 Å². The van der Waals surface area contributed by atoms with Gasteiger partial charge in [0.05, 0.1) is 18.5 Å². The van der Waals surface area contributed by atoms with Crippen LogP contribution in [0.3, 0.4) is 0 Å². The molecule has 0 radical (unpaired) electrons. The highest BCUT2D eigenvalue weighted by Gasteiger charge is 2.27. The number of carbonyl (C=O) groups is 1. The van der Waals surface area contributed by atoms with Gasteiger partial charge in [-0.2, -0.15) is 5.10 Å².